The van der Waals surface area contributed by atoms with Crippen LogP contribution in [0.15, 0.2) is 16.6 Å². The van der Waals surface area contributed by atoms with E-state index in [-0.39, 0.29) is 0 Å². The molecule has 2 nitrogen and oxygen atoms in total. The van der Waals surface area contributed by atoms with E-state index in [0.717, 1.165) is 35.7 Å². The van der Waals surface area contributed by atoms with Crippen molar-refractivity contribution in [3.8, 4) is 5.75 Å². The molecule has 2 rings (SSSR count). The van der Waals surface area contributed by atoms with E-state index in [2.05, 4.69) is 40.3 Å². The molecular weight excluding hydrogens is 278 g/mol. The minimum atomic E-state index is 0.815. The molecule has 1 heterocycles. The van der Waals surface area contributed by atoms with Crippen LogP contribution in [0.25, 0.3) is 0 Å². The predicted molar refractivity (Wildman–Crippen MR) is 74.7 cm³/mol. The van der Waals surface area contributed by atoms with Crippen LogP contribution in [0.3, 0.4) is 0 Å². The fourth-order valence-corrected chi connectivity index (χ4v) is 2.95. The molecule has 1 aliphatic heterocycles. The van der Waals surface area contributed by atoms with Crippen LogP contribution in [-0.4, -0.2) is 20.2 Å². The number of piperidine rings is 1. The van der Waals surface area contributed by atoms with Gasteiger partial charge in [0.05, 0.1) is 7.11 Å². The van der Waals surface area contributed by atoms with E-state index in [4.69, 9.17) is 4.74 Å². The quantitative estimate of drug-likeness (QED) is 0.924. The molecule has 0 spiro atoms. The maximum atomic E-state index is 5.41. The zero-order chi connectivity index (χ0) is 12.3. The Morgan fingerprint density at radius 1 is 1.35 bits per heavy atom. The summed E-state index contributed by atoms with van der Waals surface area (Å²) in [5.41, 5.74) is 2.56. The average Bonchev–Trinajstić information content (AvgIpc) is 2.35. The molecule has 94 valence electrons. The number of halogens is 1. The van der Waals surface area contributed by atoms with E-state index in [1.54, 1.807) is 7.11 Å². The third-order valence-electron chi connectivity index (χ3n) is 3.56. The molecule has 0 radical (unpaired) electrons. The lowest BCUT2D eigenvalue weighted by atomic mass is 9.90. The van der Waals surface area contributed by atoms with Gasteiger partial charge in [-0.25, -0.2) is 0 Å². The molecule has 1 aromatic carbocycles. The van der Waals surface area contributed by atoms with E-state index in [0.29, 0.717) is 0 Å². The SMILES string of the molecule is COc1cc(CC2CCNCC2)cc(Br)c1C. The van der Waals surface area contributed by atoms with Crippen molar-refractivity contribution in [2.45, 2.75) is 26.2 Å². The van der Waals surface area contributed by atoms with Crippen LogP contribution in [0.1, 0.15) is 24.0 Å². The van der Waals surface area contributed by atoms with Crippen molar-refractivity contribution in [1.29, 1.82) is 0 Å². The summed E-state index contributed by atoms with van der Waals surface area (Å²) in [5, 5.41) is 3.41. The monoisotopic (exact) mass is 297 g/mol. The lowest BCUT2D eigenvalue weighted by Crippen LogP contribution is -2.28. The molecule has 0 aliphatic carbocycles. The Morgan fingerprint density at radius 3 is 2.71 bits per heavy atom. The normalized spacial score (nSPS) is 17.1. The number of methoxy groups -OCH3 is 1. The zero-order valence-corrected chi connectivity index (χ0v) is 12.1. The number of rotatable bonds is 3. The second kappa shape index (κ2) is 5.87. The summed E-state index contributed by atoms with van der Waals surface area (Å²) in [4.78, 5) is 0. The van der Waals surface area contributed by atoms with E-state index >= 15 is 0 Å². The van der Waals surface area contributed by atoms with E-state index in [1.165, 1.54) is 24.0 Å². The Labute approximate surface area is 112 Å². The average molecular weight is 298 g/mol. The third-order valence-corrected chi connectivity index (χ3v) is 4.38. The van der Waals surface area contributed by atoms with Crippen LogP contribution in [0.2, 0.25) is 0 Å². The van der Waals surface area contributed by atoms with Gasteiger partial charge in [-0.3, -0.25) is 0 Å². The Morgan fingerprint density at radius 2 is 2.06 bits per heavy atom. The predicted octanol–water partition coefficient (Wildman–Crippen LogP) is 3.31. The lowest BCUT2D eigenvalue weighted by molar-refractivity contribution is 0.371. The van der Waals surface area contributed by atoms with Gasteiger partial charge in [0, 0.05) is 10.0 Å². The molecule has 3 heteroatoms. The van der Waals surface area contributed by atoms with Gasteiger partial charge in [0.2, 0.25) is 0 Å². The van der Waals surface area contributed by atoms with Gasteiger partial charge in [-0.15, -0.1) is 0 Å². The van der Waals surface area contributed by atoms with Crippen LogP contribution in [0, 0.1) is 12.8 Å². The summed E-state index contributed by atoms with van der Waals surface area (Å²) in [6.45, 7) is 4.40. The minimum absolute atomic E-state index is 0.815. The molecule has 1 N–H and O–H groups in total. The zero-order valence-electron chi connectivity index (χ0n) is 10.6. The van der Waals surface area contributed by atoms with Crippen LogP contribution >= 0.6 is 15.9 Å². The first-order chi connectivity index (χ1) is 8.20. The summed E-state index contributed by atoms with van der Waals surface area (Å²) in [7, 11) is 1.74. The van der Waals surface area contributed by atoms with Crippen LogP contribution in [0.5, 0.6) is 5.75 Å². The van der Waals surface area contributed by atoms with Crippen LogP contribution in [0.4, 0.5) is 0 Å². The Balaban J connectivity index is 2.12. The van der Waals surface area contributed by atoms with Crippen molar-refractivity contribution in [2.75, 3.05) is 20.2 Å². The van der Waals surface area contributed by atoms with Crippen molar-refractivity contribution in [1.82, 2.24) is 5.32 Å². The van der Waals surface area contributed by atoms with Crippen molar-refractivity contribution in [2.24, 2.45) is 5.92 Å². The van der Waals surface area contributed by atoms with E-state index < -0.39 is 0 Å². The Hall–Kier alpha value is -0.540. The number of hydrogen-bond donors (Lipinski definition) is 1. The number of ether oxygens (including phenoxy) is 1. The van der Waals surface area contributed by atoms with Crippen LogP contribution < -0.4 is 10.1 Å². The summed E-state index contributed by atoms with van der Waals surface area (Å²) in [6.07, 6.45) is 3.73. The highest BCUT2D eigenvalue weighted by Gasteiger charge is 2.15. The van der Waals surface area contributed by atoms with Gasteiger partial charge in [-0.05, 0) is 62.9 Å². The number of benzene rings is 1. The molecule has 0 atom stereocenters. The maximum Gasteiger partial charge on any atom is 0.123 e. The van der Waals surface area contributed by atoms with Gasteiger partial charge in [0.1, 0.15) is 5.75 Å². The summed E-state index contributed by atoms with van der Waals surface area (Å²) in [6, 6.07) is 4.42. The summed E-state index contributed by atoms with van der Waals surface area (Å²) in [5.74, 6) is 1.80. The third kappa shape index (κ3) is 3.23. The molecule has 1 fully saturated rings. The Kier molecular flexibility index (Phi) is 4.46. The second-order valence-electron chi connectivity index (χ2n) is 4.80. The molecule has 0 saturated carbocycles. The molecule has 0 unspecified atom stereocenters. The largest absolute Gasteiger partial charge is 0.496 e. The van der Waals surface area contributed by atoms with Crippen LogP contribution in [-0.2, 0) is 6.42 Å². The number of nitrogens with one attached hydrogen (secondary N) is 1. The minimum Gasteiger partial charge on any atom is -0.496 e. The maximum absolute atomic E-state index is 5.41. The highest BCUT2D eigenvalue weighted by molar-refractivity contribution is 9.10. The molecule has 0 bridgehead atoms. The highest BCUT2D eigenvalue weighted by Crippen LogP contribution is 2.30. The molecule has 1 aromatic rings. The molecule has 0 amide bonds. The van der Waals surface area contributed by atoms with Gasteiger partial charge < -0.3 is 10.1 Å². The summed E-state index contributed by atoms with van der Waals surface area (Å²) < 4.78 is 6.57. The lowest BCUT2D eigenvalue weighted by Gasteiger charge is -2.23. The van der Waals surface area contributed by atoms with Gasteiger partial charge in [-0.1, -0.05) is 15.9 Å². The van der Waals surface area contributed by atoms with Gasteiger partial charge in [0.15, 0.2) is 0 Å². The first kappa shape index (κ1) is 12.9. The first-order valence-electron chi connectivity index (χ1n) is 6.24. The van der Waals surface area contributed by atoms with Gasteiger partial charge in [0.25, 0.3) is 0 Å². The second-order valence-corrected chi connectivity index (χ2v) is 5.66. The molecule has 1 saturated heterocycles. The smallest absolute Gasteiger partial charge is 0.123 e. The van der Waals surface area contributed by atoms with Gasteiger partial charge in [-0.2, -0.15) is 0 Å². The first-order valence-corrected chi connectivity index (χ1v) is 7.03. The topological polar surface area (TPSA) is 21.3 Å². The standard InChI is InChI=1S/C14H20BrNO/c1-10-13(15)8-12(9-14(10)17-2)7-11-3-5-16-6-4-11/h8-9,11,16H,3-7H2,1-2H3. The number of hydrogen-bond acceptors (Lipinski definition) is 2. The van der Waals surface area contributed by atoms with Crippen molar-refractivity contribution in [3.63, 3.8) is 0 Å². The fraction of sp³-hybridized carbons (Fsp3) is 0.571. The van der Waals surface area contributed by atoms with Crippen molar-refractivity contribution < 1.29 is 4.74 Å². The van der Waals surface area contributed by atoms with Crippen molar-refractivity contribution in [3.05, 3.63) is 27.7 Å². The summed E-state index contributed by atoms with van der Waals surface area (Å²) >= 11 is 3.61. The van der Waals surface area contributed by atoms with Gasteiger partial charge >= 0.3 is 0 Å². The van der Waals surface area contributed by atoms with E-state index in [9.17, 15) is 0 Å². The van der Waals surface area contributed by atoms with E-state index in [1.807, 2.05) is 0 Å². The van der Waals surface area contributed by atoms with Crippen molar-refractivity contribution >= 4 is 15.9 Å². The highest BCUT2D eigenvalue weighted by atomic mass is 79.9. The molecule has 17 heavy (non-hydrogen) atoms. The fourth-order valence-electron chi connectivity index (χ4n) is 2.46. The molecular formula is C14H20BrNO. The Bertz CT molecular complexity index is 386. The molecule has 1 aliphatic rings. The molecule has 0 aromatic heterocycles.